The van der Waals surface area contributed by atoms with Crippen LogP contribution in [-0.2, 0) is 6.54 Å². The Bertz CT molecular complexity index is 634. The maximum absolute atomic E-state index is 12.0. The summed E-state index contributed by atoms with van der Waals surface area (Å²) in [5, 5.41) is 2.92. The van der Waals surface area contributed by atoms with Crippen LogP contribution in [0.4, 0.5) is 5.82 Å². The molecule has 1 aliphatic rings. The minimum Gasteiger partial charge on any atom is -0.354 e. The van der Waals surface area contributed by atoms with Gasteiger partial charge in [-0.15, -0.1) is 0 Å². The van der Waals surface area contributed by atoms with Crippen molar-refractivity contribution in [1.29, 1.82) is 0 Å². The maximum Gasteiger partial charge on any atom is 0.251 e. The quantitative estimate of drug-likeness (QED) is 0.935. The fraction of sp³-hybridized carbons (Fsp3) is 0.333. The summed E-state index contributed by atoms with van der Waals surface area (Å²) < 4.78 is 0. The van der Waals surface area contributed by atoms with Crippen molar-refractivity contribution in [2.45, 2.75) is 6.54 Å². The summed E-state index contributed by atoms with van der Waals surface area (Å²) in [7, 11) is 2.14. The van der Waals surface area contributed by atoms with Gasteiger partial charge in [-0.3, -0.25) is 4.79 Å². The smallest absolute Gasteiger partial charge is 0.251 e. The van der Waals surface area contributed by atoms with E-state index >= 15 is 0 Å². The summed E-state index contributed by atoms with van der Waals surface area (Å²) in [4.78, 5) is 21.2. The number of nitrogens with zero attached hydrogens (tertiary/aromatic N) is 3. The zero-order valence-corrected chi connectivity index (χ0v) is 13.4. The van der Waals surface area contributed by atoms with Crippen LogP contribution in [0.1, 0.15) is 15.9 Å². The highest BCUT2D eigenvalue weighted by molar-refractivity contribution is 5.94. The van der Waals surface area contributed by atoms with E-state index < -0.39 is 0 Å². The first-order chi connectivity index (χ1) is 11.2. The highest BCUT2D eigenvalue weighted by atomic mass is 16.1. The Morgan fingerprint density at radius 2 is 1.83 bits per heavy atom. The van der Waals surface area contributed by atoms with E-state index in [1.807, 2.05) is 48.7 Å². The van der Waals surface area contributed by atoms with Crippen LogP contribution in [0.25, 0.3) is 0 Å². The molecule has 120 valence electrons. The number of likely N-dealkylation sites (N-methyl/N-ethyl adjacent to an activating group) is 1. The number of hydrogen-bond donors (Lipinski definition) is 1. The van der Waals surface area contributed by atoms with Gasteiger partial charge in [-0.1, -0.05) is 24.3 Å². The largest absolute Gasteiger partial charge is 0.354 e. The predicted molar refractivity (Wildman–Crippen MR) is 91.6 cm³/mol. The van der Waals surface area contributed by atoms with E-state index in [9.17, 15) is 4.79 Å². The number of carbonyl (C=O) groups excluding carboxylic acids is 1. The van der Waals surface area contributed by atoms with Crippen LogP contribution in [0, 0.1) is 0 Å². The molecule has 1 saturated heterocycles. The molecule has 5 nitrogen and oxygen atoms in total. The van der Waals surface area contributed by atoms with Crippen LogP contribution in [0.2, 0.25) is 0 Å². The maximum atomic E-state index is 12.0. The van der Waals surface area contributed by atoms with Crippen LogP contribution in [0.5, 0.6) is 0 Å². The Morgan fingerprint density at radius 3 is 2.48 bits per heavy atom. The van der Waals surface area contributed by atoms with Crippen molar-refractivity contribution in [2.75, 3.05) is 38.1 Å². The molecule has 2 aromatic rings. The van der Waals surface area contributed by atoms with E-state index in [0.717, 1.165) is 37.6 Å². The lowest BCUT2D eigenvalue weighted by Crippen LogP contribution is -2.44. The normalized spacial score (nSPS) is 15.4. The first-order valence-electron chi connectivity index (χ1n) is 7.94. The van der Waals surface area contributed by atoms with Crippen LogP contribution in [-0.4, -0.2) is 49.0 Å². The molecule has 3 rings (SSSR count). The van der Waals surface area contributed by atoms with Crippen molar-refractivity contribution in [3.05, 3.63) is 59.8 Å². The molecule has 0 unspecified atom stereocenters. The number of nitrogens with one attached hydrogen (secondary N) is 1. The molecule has 0 aliphatic carbocycles. The average molecular weight is 310 g/mol. The van der Waals surface area contributed by atoms with Gasteiger partial charge in [0.1, 0.15) is 5.82 Å². The minimum atomic E-state index is -0.0613. The van der Waals surface area contributed by atoms with Gasteiger partial charge in [0.2, 0.25) is 0 Å². The monoisotopic (exact) mass is 310 g/mol. The van der Waals surface area contributed by atoms with Crippen molar-refractivity contribution in [2.24, 2.45) is 0 Å². The number of piperazine rings is 1. The summed E-state index contributed by atoms with van der Waals surface area (Å²) in [6.45, 7) is 4.64. The molecule has 0 radical (unpaired) electrons. The number of aromatic nitrogens is 1. The number of carbonyl (C=O) groups is 1. The Balaban J connectivity index is 1.54. The van der Waals surface area contributed by atoms with E-state index in [1.54, 1.807) is 0 Å². The van der Waals surface area contributed by atoms with Gasteiger partial charge in [-0.2, -0.15) is 0 Å². The lowest BCUT2D eigenvalue weighted by Gasteiger charge is -2.33. The van der Waals surface area contributed by atoms with E-state index in [2.05, 4.69) is 27.1 Å². The molecule has 1 aromatic heterocycles. The highest BCUT2D eigenvalue weighted by Crippen LogP contribution is 2.13. The van der Waals surface area contributed by atoms with Crippen LogP contribution in [0.15, 0.2) is 48.7 Å². The zero-order chi connectivity index (χ0) is 16.1. The van der Waals surface area contributed by atoms with Crippen molar-refractivity contribution < 1.29 is 4.79 Å². The number of hydrogen-bond acceptors (Lipinski definition) is 4. The van der Waals surface area contributed by atoms with Gasteiger partial charge >= 0.3 is 0 Å². The van der Waals surface area contributed by atoms with Crippen LogP contribution >= 0.6 is 0 Å². The standard InChI is InChI=1S/C18H22N4O/c1-21-9-11-22(12-10-21)17-8-7-15(13-19-17)14-20-18(23)16-5-3-2-4-6-16/h2-8,13H,9-12,14H2,1H3,(H,20,23). The molecule has 2 heterocycles. The van der Waals surface area contributed by atoms with Gasteiger partial charge < -0.3 is 15.1 Å². The van der Waals surface area contributed by atoms with Crippen molar-refractivity contribution >= 4 is 11.7 Å². The third kappa shape index (κ3) is 4.07. The van der Waals surface area contributed by atoms with Gasteiger partial charge in [0.25, 0.3) is 5.91 Å². The van der Waals surface area contributed by atoms with Gasteiger partial charge in [0.15, 0.2) is 0 Å². The highest BCUT2D eigenvalue weighted by Gasteiger charge is 2.15. The summed E-state index contributed by atoms with van der Waals surface area (Å²) in [5.41, 5.74) is 1.68. The SMILES string of the molecule is CN1CCN(c2ccc(CNC(=O)c3ccccc3)cn2)CC1. The van der Waals surface area contributed by atoms with Crippen molar-refractivity contribution in [1.82, 2.24) is 15.2 Å². The van der Waals surface area contributed by atoms with E-state index in [1.165, 1.54) is 0 Å². The molecule has 5 heteroatoms. The Kier molecular flexibility index (Phi) is 4.88. The molecule has 1 fully saturated rings. The molecule has 23 heavy (non-hydrogen) atoms. The van der Waals surface area contributed by atoms with Crippen molar-refractivity contribution in [3.8, 4) is 0 Å². The minimum absolute atomic E-state index is 0.0613. The average Bonchev–Trinajstić information content (AvgIpc) is 2.61. The van der Waals surface area contributed by atoms with Gasteiger partial charge in [0.05, 0.1) is 0 Å². The number of benzene rings is 1. The van der Waals surface area contributed by atoms with Gasteiger partial charge in [-0.25, -0.2) is 4.98 Å². The topological polar surface area (TPSA) is 48.5 Å². The van der Waals surface area contributed by atoms with E-state index in [-0.39, 0.29) is 5.91 Å². The fourth-order valence-corrected chi connectivity index (χ4v) is 2.62. The molecule has 1 aromatic carbocycles. The third-order valence-corrected chi connectivity index (χ3v) is 4.13. The zero-order valence-electron chi connectivity index (χ0n) is 13.4. The Hall–Kier alpha value is -2.40. The second kappa shape index (κ2) is 7.24. The van der Waals surface area contributed by atoms with Crippen LogP contribution in [0.3, 0.4) is 0 Å². The lowest BCUT2D eigenvalue weighted by molar-refractivity contribution is 0.0951. The molecule has 0 saturated carbocycles. The van der Waals surface area contributed by atoms with Crippen LogP contribution < -0.4 is 10.2 Å². The first kappa shape index (κ1) is 15.5. The second-order valence-corrected chi connectivity index (χ2v) is 5.86. The lowest BCUT2D eigenvalue weighted by atomic mass is 10.2. The molecule has 1 N–H and O–H groups in total. The molecule has 1 amide bonds. The molecular formula is C18H22N4O. The van der Waals surface area contributed by atoms with E-state index in [4.69, 9.17) is 0 Å². The number of pyridine rings is 1. The summed E-state index contributed by atoms with van der Waals surface area (Å²) in [6, 6.07) is 13.3. The Morgan fingerprint density at radius 1 is 1.09 bits per heavy atom. The third-order valence-electron chi connectivity index (χ3n) is 4.13. The predicted octanol–water partition coefficient (Wildman–Crippen LogP) is 1.76. The first-order valence-corrected chi connectivity index (χ1v) is 7.94. The second-order valence-electron chi connectivity index (χ2n) is 5.86. The molecule has 0 atom stereocenters. The summed E-state index contributed by atoms with van der Waals surface area (Å²) in [5.74, 6) is 0.949. The Labute approximate surface area is 136 Å². The summed E-state index contributed by atoms with van der Waals surface area (Å²) in [6.07, 6.45) is 1.85. The number of anilines is 1. The molecule has 1 aliphatic heterocycles. The number of amides is 1. The van der Waals surface area contributed by atoms with Gasteiger partial charge in [0, 0.05) is 44.5 Å². The van der Waals surface area contributed by atoms with Gasteiger partial charge in [-0.05, 0) is 30.8 Å². The van der Waals surface area contributed by atoms with E-state index in [0.29, 0.717) is 12.1 Å². The fourth-order valence-electron chi connectivity index (χ4n) is 2.62. The number of rotatable bonds is 4. The molecule has 0 spiro atoms. The molecule has 0 bridgehead atoms. The van der Waals surface area contributed by atoms with Crippen molar-refractivity contribution in [3.63, 3.8) is 0 Å². The summed E-state index contributed by atoms with van der Waals surface area (Å²) >= 11 is 0. The molecular weight excluding hydrogens is 288 g/mol.